The molecule has 0 heterocycles. The second-order valence-electron chi connectivity index (χ2n) is 7.28. The third kappa shape index (κ3) is 5.88. The SMILES string of the molecule is Cc1cc(Cl)c(C(C)C)cc1OCC(C)(C)CNC(C)C. The summed E-state index contributed by atoms with van der Waals surface area (Å²) in [5.74, 6) is 1.34. The molecule has 0 aliphatic carbocycles. The fraction of sp³-hybridized carbons (Fsp3) is 0.667. The Morgan fingerprint density at radius 1 is 1.19 bits per heavy atom. The molecular weight excluding hydrogens is 282 g/mol. The van der Waals surface area contributed by atoms with Gasteiger partial charge in [-0.3, -0.25) is 0 Å². The van der Waals surface area contributed by atoms with Gasteiger partial charge in [0.1, 0.15) is 5.75 Å². The molecule has 0 unspecified atom stereocenters. The maximum absolute atomic E-state index is 6.31. The first-order valence-corrected chi connectivity index (χ1v) is 8.16. The van der Waals surface area contributed by atoms with Crippen molar-refractivity contribution in [3.05, 3.63) is 28.3 Å². The summed E-state index contributed by atoms with van der Waals surface area (Å²) in [4.78, 5) is 0. The van der Waals surface area contributed by atoms with Crippen LogP contribution in [-0.2, 0) is 0 Å². The minimum Gasteiger partial charge on any atom is -0.493 e. The van der Waals surface area contributed by atoms with E-state index in [9.17, 15) is 0 Å². The molecule has 0 atom stereocenters. The van der Waals surface area contributed by atoms with E-state index in [0.29, 0.717) is 18.6 Å². The fourth-order valence-corrected chi connectivity index (χ4v) is 2.51. The zero-order valence-electron chi connectivity index (χ0n) is 14.5. The summed E-state index contributed by atoms with van der Waals surface area (Å²) in [6, 6.07) is 4.59. The third-order valence-corrected chi connectivity index (χ3v) is 3.85. The summed E-state index contributed by atoms with van der Waals surface area (Å²) < 4.78 is 6.08. The van der Waals surface area contributed by atoms with Crippen LogP contribution in [0.15, 0.2) is 12.1 Å². The Hall–Kier alpha value is -0.730. The van der Waals surface area contributed by atoms with Gasteiger partial charge in [-0.15, -0.1) is 0 Å². The summed E-state index contributed by atoms with van der Waals surface area (Å²) in [5.41, 5.74) is 2.33. The molecule has 1 N–H and O–H groups in total. The minimum absolute atomic E-state index is 0.0916. The maximum Gasteiger partial charge on any atom is 0.122 e. The average Bonchev–Trinajstić information content (AvgIpc) is 2.35. The Morgan fingerprint density at radius 3 is 2.33 bits per heavy atom. The van der Waals surface area contributed by atoms with Gasteiger partial charge in [-0.2, -0.15) is 0 Å². The Morgan fingerprint density at radius 2 is 1.81 bits per heavy atom. The van der Waals surface area contributed by atoms with E-state index in [0.717, 1.165) is 28.4 Å². The Kier molecular flexibility index (Phi) is 6.55. The van der Waals surface area contributed by atoms with E-state index in [2.05, 4.69) is 52.9 Å². The van der Waals surface area contributed by atoms with Crippen LogP contribution in [0.4, 0.5) is 0 Å². The van der Waals surface area contributed by atoms with Gasteiger partial charge in [-0.25, -0.2) is 0 Å². The van der Waals surface area contributed by atoms with E-state index >= 15 is 0 Å². The second kappa shape index (κ2) is 7.51. The number of halogens is 1. The van der Waals surface area contributed by atoms with E-state index in [1.807, 2.05) is 13.0 Å². The molecule has 2 nitrogen and oxygen atoms in total. The minimum atomic E-state index is 0.0916. The van der Waals surface area contributed by atoms with Crippen LogP contribution in [0.25, 0.3) is 0 Å². The van der Waals surface area contributed by atoms with Crippen molar-refractivity contribution in [1.82, 2.24) is 5.32 Å². The lowest BCUT2D eigenvalue weighted by molar-refractivity contribution is 0.172. The topological polar surface area (TPSA) is 21.3 Å². The van der Waals surface area contributed by atoms with Crippen molar-refractivity contribution < 1.29 is 4.74 Å². The van der Waals surface area contributed by atoms with Crippen LogP contribution in [0.3, 0.4) is 0 Å². The van der Waals surface area contributed by atoms with Gasteiger partial charge < -0.3 is 10.1 Å². The lowest BCUT2D eigenvalue weighted by Gasteiger charge is -2.27. The number of ether oxygens (including phenoxy) is 1. The smallest absolute Gasteiger partial charge is 0.122 e. The first-order chi connectivity index (χ1) is 9.62. The van der Waals surface area contributed by atoms with Crippen LogP contribution in [0, 0.1) is 12.3 Å². The summed E-state index contributed by atoms with van der Waals surface area (Å²) in [7, 11) is 0. The summed E-state index contributed by atoms with van der Waals surface area (Å²) in [6.07, 6.45) is 0. The Balaban J connectivity index is 2.77. The van der Waals surface area contributed by atoms with Crippen LogP contribution in [0.1, 0.15) is 58.6 Å². The molecule has 0 radical (unpaired) electrons. The molecule has 21 heavy (non-hydrogen) atoms. The number of benzene rings is 1. The van der Waals surface area contributed by atoms with Crippen molar-refractivity contribution in [2.75, 3.05) is 13.2 Å². The van der Waals surface area contributed by atoms with Gasteiger partial charge in [0.25, 0.3) is 0 Å². The lowest BCUT2D eigenvalue weighted by Crippen LogP contribution is -2.37. The van der Waals surface area contributed by atoms with Crippen LogP contribution >= 0.6 is 11.6 Å². The van der Waals surface area contributed by atoms with Crippen molar-refractivity contribution in [1.29, 1.82) is 0 Å². The predicted molar refractivity (Wildman–Crippen MR) is 92.7 cm³/mol. The van der Waals surface area contributed by atoms with Crippen LogP contribution in [0.2, 0.25) is 5.02 Å². The number of hydrogen-bond donors (Lipinski definition) is 1. The zero-order valence-corrected chi connectivity index (χ0v) is 15.3. The molecule has 120 valence electrons. The quantitative estimate of drug-likeness (QED) is 0.749. The Labute approximate surface area is 135 Å². The highest BCUT2D eigenvalue weighted by atomic mass is 35.5. The standard InChI is InChI=1S/C18H30ClNO/c1-12(2)15-9-17(14(5)8-16(15)19)21-11-18(6,7)10-20-13(3)4/h8-9,12-13,20H,10-11H2,1-7H3. The van der Waals surface area contributed by atoms with Crippen LogP contribution in [-0.4, -0.2) is 19.2 Å². The fourth-order valence-electron chi connectivity index (χ4n) is 2.07. The molecule has 1 rings (SSSR count). The van der Waals surface area contributed by atoms with E-state index < -0.39 is 0 Å². The molecule has 1 aromatic rings. The summed E-state index contributed by atoms with van der Waals surface area (Å²) in [6.45, 7) is 16.7. The molecule has 0 aromatic heterocycles. The second-order valence-corrected chi connectivity index (χ2v) is 7.69. The molecule has 0 saturated heterocycles. The summed E-state index contributed by atoms with van der Waals surface area (Å²) in [5, 5.41) is 4.30. The maximum atomic E-state index is 6.31. The molecule has 0 bridgehead atoms. The normalized spacial score (nSPS) is 12.3. The van der Waals surface area contributed by atoms with E-state index in [1.54, 1.807) is 0 Å². The molecule has 0 aliphatic rings. The zero-order chi connectivity index (χ0) is 16.2. The predicted octanol–water partition coefficient (Wildman–Crippen LogP) is 5.17. The number of rotatable bonds is 7. The molecule has 1 aromatic carbocycles. The Bertz CT molecular complexity index is 467. The van der Waals surface area contributed by atoms with Gasteiger partial charge in [0, 0.05) is 23.0 Å². The number of aryl methyl sites for hydroxylation is 1. The van der Waals surface area contributed by atoms with E-state index in [-0.39, 0.29) is 5.41 Å². The molecule has 0 amide bonds. The molecule has 0 fully saturated rings. The molecule has 3 heteroatoms. The van der Waals surface area contributed by atoms with Crippen molar-refractivity contribution in [2.24, 2.45) is 5.41 Å². The van der Waals surface area contributed by atoms with Crippen molar-refractivity contribution in [2.45, 2.75) is 60.4 Å². The third-order valence-electron chi connectivity index (χ3n) is 3.52. The number of hydrogen-bond acceptors (Lipinski definition) is 2. The van der Waals surface area contributed by atoms with E-state index in [1.165, 1.54) is 0 Å². The van der Waals surface area contributed by atoms with Gasteiger partial charge in [-0.05, 0) is 36.1 Å². The highest BCUT2D eigenvalue weighted by Crippen LogP contribution is 2.32. The van der Waals surface area contributed by atoms with Gasteiger partial charge in [0.15, 0.2) is 0 Å². The highest BCUT2D eigenvalue weighted by Gasteiger charge is 2.20. The molecule has 0 spiro atoms. The van der Waals surface area contributed by atoms with Gasteiger partial charge in [0.05, 0.1) is 6.61 Å². The van der Waals surface area contributed by atoms with Crippen molar-refractivity contribution in [3.8, 4) is 5.75 Å². The van der Waals surface area contributed by atoms with Gasteiger partial charge >= 0.3 is 0 Å². The molecule has 0 aliphatic heterocycles. The van der Waals surface area contributed by atoms with Crippen LogP contribution < -0.4 is 10.1 Å². The first-order valence-electron chi connectivity index (χ1n) is 7.78. The monoisotopic (exact) mass is 311 g/mol. The van der Waals surface area contributed by atoms with Crippen molar-refractivity contribution >= 4 is 11.6 Å². The van der Waals surface area contributed by atoms with Gasteiger partial charge in [-0.1, -0.05) is 53.1 Å². The lowest BCUT2D eigenvalue weighted by atomic mass is 9.94. The van der Waals surface area contributed by atoms with Crippen LogP contribution in [0.5, 0.6) is 5.75 Å². The summed E-state index contributed by atoms with van der Waals surface area (Å²) >= 11 is 6.31. The highest BCUT2D eigenvalue weighted by molar-refractivity contribution is 6.31. The van der Waals surface area contributed by atoms with Gasteiger partial charge in [0.2, 0.25) is 0 Å². The van der Waals surface area contributed by atoms with E-state index in [4.69, 9.17) is 16.3 Å². The molecule has 0 saturated carbocycles. The largest absolute Gasteiger partial charge is 0.493 e. The average molecular weight is 312 g/mol. The molecular formula is C18H30ClNO. The number of nitrogens with one attached hydrogen (secondary N) is 1. The van der Waals surface area contributed by atoms with Crippen molar-refractivity contribution in [3.63, 3.8) is 0 Å². The first kappa shape index (κ1) is 18.3.